The molecule has 1 fully saturated rings. The third-order valence-electron chi connectivity index (χ3n) is 4.78. The molecule has 2 aromatic heterocycles. The predicted octanol–water partition coefficient (Wildman–Crippen LogP) is 3.54. The summed E-state index contributed by atoms with van der Waals surface area (Å²) in [5.41, 5.74) is 0.586. The average molecular weight is 416 g/mol. The molecule has 7 nitrogen and oxygen atoms in total. The smallest absolute Gasteiger partial charge is 0.419 e. The SMILES string of the molecule is CC(C)(C)OC(=O)n1c(-c2cnc(N3CC(O)C(F)C3)nc2)cc2ccc(F)cc21. The molecule has 9 heteroatoms. The largest absolute Gasteiger partial charge is 0.443 e. The molecule has 3 heterocycles. The zero-order chi connectivity index (χ0) is 21.6. The summed E-state index contributed by atoms with van der Waals surface area (Å²) in [5, 5.41) is 10.3. The second kappa shape index (κ2) is 7.32. The summed E-state index contributed by atoms with van der Waals surface area (Å²) in [4.78, 5) is 23.0. The normalized spacial score (nSPS) is 19.5. The van der Waals surface area contributed by atoms with E-state index < -0.39 is 29.8 Å². The first-order valence-corrected chi connectivity index (χ1v) is 9.56. The molecule has 1 aliphatic heterocycles. The topological polar surface area (TPSA) is 80.5 Å². The number of alkyl halides is 1. The number of anilines is 1. The average Bonchev–Trinajstić information content (AvgIpc) is 3.20. The van der Waals surface area contributed by atoms with Crippen LogP contribution in [0.3, 0.4) is 0 Å². The summed E-state index contributed by atoms with van der Waals surface area (Å²) in [5.74, 6) is -0.194. The van der Waals surface area contributed by atoms with E-state index in [1.165, 1.54) is 29.1 Å². The first-order chi connectivity index (χ1) is 14.1. The molecule has 2 atom stereocenters. The molecular weight excluding hydrogens is 394 g/mol. The number of nitrogens with zero attached hydrogens (tertiary/aromatic N) is 4. The number of carbonyl (C=O) groups excluding carboxylic acids is 1. The van der Waals surface area contributed by atoms with Crippen LogP contribution in [-0.2, 0) is 4.74 Å². The minimum absolute atomic E-state index is 0.0119. The Morgan fingerprint density at radius 1 is 1.20 bits per heavy atom. The lowest BCUT2D eigenvalue weighted by molar-refractivity contribution is 0.0547. The molecule has 1 aromatic carbocycles. The number of aliphatic hydroxyl groups is 1. The molecule has 0 saturated carbocycles. The molecular formula is C21H22F2N4O3. The molecule has 3 aromatic rings. The lowest BCUT2D eigenvalue weighted by Gasteiger charge is -2.21. The van der Waals surface area contributed by atoms with Gasteiger partial charge in [-0.25, -0.2) is 28.1 Å². The van der Waals surface area contributed by atoms with Crippen LogP contribution in [0, 0.1) is 5.82 Å². The minimum Gasteiger partial charge on any atom is -0.443 e. The van der Waals surface area contributed by atoms with Crippen molar-refractivity contribution < 1.29 is 23.4 Å². The Kier molecular flexibility index (Phi) is 4.93. The van der Waals surface area contributed by atoms with E-state index in [9.17, 15) is 18.7 Å². The first-order valence-electron chi connectivity index (χ1n) is 9.56. The third-order valence-corrected chi connectivity index (χ3v) is 4.78. The second-order valence-electron chi connectivity index (χ2n) is 8.31. The summed E-state index contributed by atoms with van der Waals surface area (Å²) in [6.45, 7) is 5.36. The Bertz CT molecular complexity index is 1080. The van der Waals surface area contributed by atoms with E-state index in [1.54, 1.807) is 37.8 Å². The van der Waals surface area contributed by atoms with Crippen molar-refractivity contribution in [2.24, 2.45) is 0 Å². The number of hydrogen-bond acceptors (Lipinski definition) is 6. The van der Waals surface area contributed by atoms with E-state index in [-0.39, 0.29) is 19.0 Å². The Labute approximate surface area is 171 Å². The summed E-state index contributed by atoms with van der Waals surface area (Å²) in [7, 11) is 0. The molecule has 30 heavy (non-hydrogen) atoms. The zero-order valence-electron chi connectivity index (χ0n) is 16.8. The van der Waals surface area contributed by atoms with Gasteiger partial charge < -0.3 is 14.7 Å². The van der Waals surface area contributed by atoms with Crippen molar-refractivity contribution in [2.45, 2.75) is 38.6 Å². The number of hydrogen-bond donors (Lipinski definition) is 1. The zero-order valence-corrected chi connectivity index (χ0v) is 16.8. The quantitative estimate of drug-likeness (QED) is 0.688. The van der Waals surface area contributed by atoms with E-state index in [1.807, 2.05) is 0 Å². The lowest BCUT2D eigenvalue weighted by atomic mass is 10.2. The van der Waals surface area contributed by atoms with Gasteiger partial charge >= 0.3 is 6.09 Å². The van der Waals surface area contributed by atoms with Crippen molar-refractivity contribution in [2.75, 3.05) is 18.0 Å². The highest BCUT2D eigenvalue weighted by Gasteiger charge is 2.32. The Hall–Kier alpha value is -3.07. The molecule has 4 rings (SSSR count). The van der Waals surface area contributed by atoms with Gasteiger partial charge in [0.25, 0.3) is 0 Å². The number of fused-ring (bicyclic) bond motifs is 1. The highest BCUT2D eigenvalue weighted by Crippen LogP contribution is 2.30. The molecule has 0 spiro atoms. The van der Waals surface area contributed by atoms with Gasteiger partial charge in [-0.15, -0.1) is 0 Å². The maximum atomic E-state index is 13.9. The van der Waals surface area contributed by atoms with Crippen molar-refractivity contribution in [1.29, 1.82) is 0 Å². The van der Waals surface area contributed by atoms with Gasteiger partial charge in [0.15, 0.2) is 0 Å². The standard InChI is InChI=1S/C21H22F2N4O3/c1-21(2,3)30-20(29)27-16(6-12-4-5-14(22)7-17(12)27)13-8-24-19(25-9-13)26-10-15(23)18(28)11-26/h4-9,15,18,28H,10-11H2,1-3H3. The maximum absolute atomic E-state index is 13.9. The van der Waals surface area contributed by atoms with Crippen molar-refractivity contribution in [1.82, 2.24) is 14.5 Å². The number of β-amino-alcohol motifs (C(OH)–C–C–N with tert-alkyl or cyclic N) is 1. The number of halogens is 2. The van der Waals surface area contributed by atoms with Crippen LogP contribution in [0.4, 0.5) is 19.5 Å². The first kappa shape index (κ1) is 20.2. The molecule has 1 N–H and O–H groups in total. The minimum atomic E-state index is -1.35. The van der Waals surface area contributed by atoms with Crippen LogP contribution in [0.25, 0.3) is 22.2 Å². The number of carbonyl (C=O) groups is 1. The predicted molar refractivity (Wildman–Crippen MR) is 108 cm³/mol. The summed E-state index contributed by atoms with van der Waals surface area (Å²) < 4.78 is 34.3. The number of rotatable bonds is 2. The molecule has 0 radical (unpaired) electrons. The van der Waals surface area contributed by atoms with E-state index in [0.717, 1.165) is 0 Å². The summed E-state index contributed by atoms with van der Waals surface area (Å²) >= 11 is 0. The Balaban J connectivity index is 1.75. The van der Waals surface area contributed by atoms with E-state index in [4.69, 9.17) is 4.74 Å². The van der Waals surface area contributed by atoms with Crippen molar-refractivity contribution in [3.63, 3.8) is 0 Å². The van der Waals surface area contributed by atoms with Crippen LogP contribution in [0.1, 0.15) is 20.8 Å². The number of aromatic nitrogens is 3. The van der Waals surface area contributed by atoms with Crippen molar-refractivity contribution >= 4 is 22.9 Å². The van der Waals surface area contributed by atoms with Gasteiger partial charge in [0.2, 0.25) is 5.95 Å². The Morgan fingerprint density at radius 3 is 2.50 bits per heavy atom. The monoisotopic (exact) mass is 416 g/mol. The summed E-state index contributed by atoms with van der Waals surface area (Å²) in [6, 6.07) is 5.90. The molecule has 0 bridgehead atoms. The van der Waals surface area contributed by atoms with Gasteiger partial charge in [-0.2, -0.15) is 0 Å². The van der Waals surface area contributed by atoms with Gasteiger partial charge in [0.1, 0.15) is 23.7 Å². The number of aliphatic hydroxyl groups excluding tert-OH is 1. The molecule has 0 aliphatic carbocycles. The number of benzene rings is 1. The van der Waals surface area contributed by atoms with E-state index >= 15 is 0 Å². The molecule has 2 unspecified atom stereocenters. The van der Waals surface area contributed by atoms with E-state index in [0.29, 0.717) is 22.2 Å². The Morgan fingerprint density at radius 2 is 1.90 bits per heavy atom. The molecule has 1 aliphatic rings. The van der Waals surface area contributed by atoms with E-state index in [2.05, 4.69) is 9.97 Å². The van der Waals surface area contributed by atoms with Gasteiger partial charge in [-0.1, -0.05) is 0 Å². The fourth-order valence-electron chi connectivity index (χ4n) is 3.42. The number of ether oxygens (including phenoxy) is 1. The van der Waals surface area contributed by atoms with Crippen molar-refractivity contribution in [3.8, 4) is 11.3 Å². The van der Waals surface area contributed by atoms with Gasteiger partial charge in [-0.3, -0.25) is 0 Å². The molecule has 0 amide bonds. The highest BCUT2D eigenvalue weighted by molar-refractivity contribution is 5.96. The van der Waals surface area contributed by atoms with Crippen molar-refractivity contribution in [3.05, 3.63) is 42.5 Å². The fraction of sp³-hybridized carbons (Fsp3) is 0.381. The second-order valence-corrected chi connectivity index (χ2v) is 8.31. The van der Waals surface area contributed by atoms with Gasteiger partial charge in [0, 0.05) is 29.9 Å². The third kappa shape index (κ3) is 3.85. The van der Waals surface area contributed by atoms with Crippen LogP contribution in [-0.4, -0.2) is 56.7 Å². The molecule has 158 valence electrons. The lowest BCUT2D eigenvalue weighted by Crippen LogP contribution is -2.27. The molecule has 1 saturated heterocycles. The van der Waals surface area contributed by atoms with Crippen LogP contribution in [0.15, 0.2) is 36.7 Å². The van der Waals surface area contributed by atoms with Crippen LogP contribution in [0.5, 0.6) is 0 Å². The summed E-state index contributed by atoms with van der Waals surface area (Å²) in [6.07, 6.45) is -0.0573. The van der Waals surface area contributed by atoms with Crippen LogP contribution < -0.4 is 4.90 Å². The van der Waals surface area contributed by atoms with Crippen LogP contribution in [0.2, 0.25) is 0 Å². The fourth-order valence-corrected chi connectivity index (χ4v) is 3.42. The maximum Gasteiger partial charge on any atom is 0.419 e. The van der Waals surface area contributed by atoms with Gasteiger partial charge in [0.05, 0.1) is 17.8 Å². The van der Waals surface area contributed by atoms with Crippen LogP contribution >= 0.6 is 0 Å². The highest BCUT2D eigenvalue weighted by atomic mass is 19.1. The van der Waals surface area contributed by atoms with Gasteiger partial charge in [-0.05, 0) is 45.0 Å².